The van der Waals surface area contributed by atoms with Gasteiger partial charge in [0.1, 0.15) is 11.5 Å². The number of methoxy groups -OCH3 is 2. The number of ether oxygens (including phenoxy) is 2. The molecule has 6 rings (SSSR count). The molecule has 0 aromatic heterocycles. The first-order chi connectivity index (χ1) is 12.7. The van der Waals surface area contributed by atoms with Gasteiger partial charge in [-0.1, -0.05) is 12.1 Å². The van der Waals surface area contributed by atoms with Gasteiger partial charge >= 0.3 is 0 Å². The Kier molecular flexibility index (Phi) is 3.75. The van der Waals surface area contributed by atoms with E-state index in [1.165, 1.54) is 41.6 Å². The van der Waals surface area contributed by atoms with Crippen molar-refractivity contribution in [1.82, 2.24) is 4.90 Å². The maximum absolute atomic E-state index is 5.56. The highest BCUT2D eigenvalue weighted by Gasteiger charge is 2.44. The van der Waals surface area contributed by atoms with E-state index in [-0.39, 0.29) is 0 Å². The minimum absolute atomic E-state index is 0.377. The van der Waals surface area contributed by atoms with Crippen LogP contribution in [0.2, 0.25) is 0 Å². The maximum Gasteiger partial charge on any atom is 0.119 e. The molecule has 2 bridgehead atoms. The number of hydrogen-bond acceptors (Lipinski definition) is 3. The number of rotatable bonds is 4. The molecular weight excluding hydrogens is 322 g/mol. The van der Waals surface area contributed by atoms with Crippen LogP contribution >= 0.6 is 0 Å². The van der Waals surface area contributed by atoms with E-state index in [2.05, 4.69) is 48.2 Å². The van der Waals surface area contributed by atoms with Crippen molar-refractivity contribution in [2.45, 2.75) is 44.2 Å². The van der Waals surface area contributed by atoms with Crippen molar-refractivity contribution in [3.63, 3.8) is 0 Å². The Bertz CT molecular complexity index is 842. The maximum atomic E-state index is 5.56. The van der Waals surface area contributed by atoms with Crippen molar-refractivity contribution in [2.75, 3.05) is 20.8 Å². The highest BCUT2D eigenvalue weighted by atomic mass is 16.5. The highest BCUT2D eigenvalue weighted by Crippen LogP contribution is 2.51. The Morgan fingerprint density at radius 2 is 1.62 bits per heavy atom. The van der Waals surface area contributed by atoms with Gasteiger partial charge in [-0.2, -0.15) is 0 Å². The molecule has 0 N–H and O–H groups in total. The van der Waals surface area contributed by atoms with E-state index in [1.54, 1.807) is 14.2 Å². The van der Waals surface area contributed by atoms with E-state index < -0.39 is 0 Å². The van der Waals surface area contributed by atoms with Crippen LogP contribution < -0.4 is 9.47 Å². The van der Waals surface area contributed by atoms with Gasteiger partial charge in [0.15, 0.2) is 0 Å². The summed E-state index contributed by atoms with van der Waals surface area (Å²) in [5.74, 6) is 3.19. The summed E-state index contributed by atoms with van der Waals surface area (Å²) >= 11 is 0. The second kappa shape index (κ2) is 6.02. The van der Waals surface area contributed by atoms with Crippen LogP contribution in [0.15, 0.2) is 36.4 Å². The predicted octanol–water partition coefficient (Wildman–Crippen LogP) is 4.55. The lowest BCUT2D eigenvalue weighted by Gasteiger charge is -2.44. The molecule has 0 amide bonds. The molecule has 0 saturated heterocycles. The molecule has 2 heterocycles. The summed E-state index contributed by atoms with van der Waals surface area (Å²) in [6.45, 7) is 3.65. The number of hydrogen-bond donors (Lipinski definition) is 0. The average molecular weight is 349 g/mol. The van der Waals surface area contributed by atoms with E-state index in [0.29, 0.717) is 18.0 Å². The van der Waals surface area contributed by atoms with Crippen LogP contribution in [0.1, 0.15) is 54.0 Å². The van der Waals surface area contributed by atoms with Crippen molar-refractivity contribution < 1.29 is 9.47 Å². The molecule has 2 aliphatic carbocycles. The van der Waals surface area contributed by atoms with E-state index in [9.17, 15) is 0 Å². The first-order valence-electron chi connectivity index (χ1n) is 9.80. The molecule has 136 valence electrons. The lowest BCUT2D eigenvalue weighted by atomic mass is 9.79. The summed E-state index contributed by atoms with van der Waals surface area (Å²) in [7, 11) is 3.52. The minimum Gasteiger partial charge on any atom is -0.497 e. The monoisotopic (exact) mass is 349 g/mol. The summed E-state index contributed by atoms with van der Waals surface area (Å²) in [6, 6.07) is 14.3. The average Bonchev–Trinajstić information content (AvgIpc) is 3.50. The Hall–Kier alpha value is -2.00. The van der Waals surface area contributed by atoms with Crippen LogP contribution in [0.5, 0.6) is 11.5 Å². The topological polar surface area (TPSA) is 21.7 Å². The van der Waals surface area contributed by atoms with Gasteiger partial charge in [-0.05, 0) is 78.6 Å². The molecule has 0 spiro atoms. The highest BCUT2D eigenvalue weighted by molar-refractivity contribution is 5.53. The fourth-order valence-electron chi connectivity index (χ4n) is 5.10. The fourth-order valence-corrected chi connectivity index (χ4v) is 5.10. The van der Waals surface area contributed by atoms with Gasteiger partial charge in [0.2, 0.25) is 0 Å². The molecule has 2 aliphatic heterocycles. The first kappa shape index (κ1) is 16.2. The van der Waals surface area contributed by atoms with Crippen molar-refractivity contribution in [3.05, 3.63) is 58.7 Å². The largest absolute Gasteiger partial charge is 0.497 e. The first-order valence-corrected chi connectivity index (χ1v) is 9.80. The van der Waals surface area contributed by atoms with Gasteiger partial charge in [-0.15, -0.1) is 0 Å². The van der Waals surface area contributed by atoms with E-state index in [4.69, 9.17) is 9.47 Å². The SMILES string of the molecule is COc1ccc2c(c1)[C@H]1c3cc(OC)ccc3[C@@H](C2)N(CC2CC2)[C@@H]1C. The van der Waals surface area contributed by atoms with Crippen molar-refractivity contribution in [1.29, 1.82) is 0 Å². The Balaban J connectivity index is 1.69. The van der Waals surface area contributed by atoms with Gasteiger partial charge in [-0.3, -0.25) is 4.90 Å². The molecule has 26 heavy (non-hydrogen) atoms. The molecule has 3 atom stereocenters. The molecular formula is C23H27NO2. The molecule has 1 fully saturated rings. The second-order valence-electron chi connectivity index (χ2n) is 8.14. The van der Waals surface area contributed by atoms with Gasteiger partial charge < -0.3 is 9.47 Å². The van der Waals surface area contributed by atoms with Crippen LogP contribution in [0.4, 0.5) is 0 Å². The minimum atomic E-state index is 0.377. The van der Waals surface area contributed by atoms with Crippen LogP contribution in [-0.4, -0.2) is 31.7 Å². The number of benzene rings is 2. The number of nitrogens with zero attached hydrogens (tertiary/aromatic N) is 1. The predicted molar refractivity (Wildman–Crippen MR) is 103 cm³/mol. The summed E-state index contributed by atoms with van der Waals surface area (Å²) in [5, 5.41) is 0. The zero-order valence-corrected chi connectivity index (χ0v) is 15.9. The molecule has 0 unspecified atom stereocenters. The standard InChI is InChI=1S/C23H27NO2/c1-14-23-20-11-17(25-2)7-6-16(20)10-22(24(14)13-15-4-5-15)19-9-8-18(26-3)12-21(19)23/h6-9,11-12,14-15,22-23H,4-5,10,13H2,1-3H3/t14-,22-,23+/m1/s1. The van der Waals surface area contributed by atoms with Crippen LogP contribution in [0, 0.1) is 5.92 Å². The molecule has 2 aromatic carbocycles. The lowest BCUT2D eigenvalue weighted by Crippen LogP contribution is -2.44. The molecule has 2 aromatic rings. The zero-order valence-electron chi connectivity index (χ0n) is 15.9. The quantitative estimate of drug-likeness (QED) is 0.808. The third kappa shape index (κ3) is 2.44. The Morgan fingerprint density at radius 3 is 2.31 bits per heavy atom. The molecule has 1 saturated carbocycles. The number of fused-ring (bicyclic) bond motifs is 1. The van der Waals surface area contributed by atoms with E-state index in [1.807, 2.05) is 0 Å². The van der Waals surface area contributed by atoms with Crippen molar-refractivity contribution in [3.8, 4) is 11.5 Å². The molecule has 4 aliphatic rings. The zero-order chi connectivity index (χ0) is 17.8. The summed E-state index contributed by atoms with van der Waals surface area (Å²) in [4.78, 5) is 2.78. The van der Waals surface area contributed by atoms with Gasteiger partial charge in [0.25, 0.3) is 0 Å². The smallest absolute Gasteiger partial charge is 0.119 e. The third-order valence-electron chi connectivity index (χ3n) is 6.66. The normalized spacial score (nSPS) is 26.8. The molecule has 0 radical (unpaired) electrons. The van der Waals surface area contributed by atoms with Crippen molar-refractivity contribution >= 4 is 0 Å². The Labute approximate surface area is 155 Å². The molecule has 3 heteroatoms. The lowest BCUT2D eigenvalue weighted by molar-refractivity contribution is 0.115. The van der Waals surface area contributed by atoms with Gasteiger partial charge in [0, 0.05) is 24.5 Å². The van der Waals surface area contributed by atoms with Crippen molar-refractivity contribution in [2.24, 2.45) is 5.92 Å². The van der Waals surface area contributed by atoms with Crippen LogP contribution in [0.25, 0.3) is 0 Å². The van der Waals surface area contributed by atoms with E-state index >= 15 is 0 Å². The third-order valence-corrected chi connectivity index (χ3v) is 6.66. The van der Waals surface area contributed by atoms with Gasteiger partial charge in [0.05, 0.1) is 14.2 Å². The Morgan fingerprint density at radius 1 is 0.923 bits per heavy atom. The van der Waals surface area contributed by atoms with E-state index in [0.717, 1.165) is 23.8 Å². The second-order valence-corrected chi connectivity index (χ2v) is 8.14. The fraction of sp³-hybridized carbons (Fsp3) is 0.478. The summed E-state index contributed by atoms with van der Waals surface area (Å²) in [6.07, 6.45) is 3.89. The molecule has 3 nitrogen and oxygen atoms in total. The van der Waals surface area contributed by atoms with Crippen LogP contribution in [-0.2, 0) is 6.42 Å². The van der Waals surface area contributed by atoms with Crippen LogP contribution in [0.3, 0.4) is 0 Å². The van der Waals surface area contributed by atoms with Gasteiger partial charge in [-0.25, -0.2) is 0 Å². The summed E-state index contributed by atoms with van der Waals surface area (Å²) < 4.78 is 11.1. The summed E-state index contributed by atoms with van der Waals surface area (Å²) in [5.41, 5.74) is 5.85.